The molecule has 1 saturated carbocycles. The van der Waals surface area contributed by atoms with Gasteiger partial charge in [-0.2, -0.15) is 0 Å². The van der Waals surface area contributed by atoms with Gasteiger partial charge in [-0.3, -0.25) is 4.79 Å². The molecule has 15 heavy (non-hydrogen) atoms. The van der Waals surface area contributed by atoms with Crippen LogP contribution in [0, 0.1) is 11.8 Å². The fourth-order valence-electron chi connectivity index (χ4n) is 3.08. The fraction of sp³-hybridized carbons (Fsp3) is 0.917. The molecule has 0 radical (unpaired) electrons. The van der Waals surface area contributed by atoms with Crippen LogP contribution >= 0.6 is 0 Å². The summed E-state index contributed by atoms with van der Waals surface area (Å²) in [7, 11) is 0. The molecule has 0 aromatic carbocycles. The normalized spacial score (nSPS) is 41.1. The highest BCUT2D eigenvalue weighted by Gasteiger charge is 2.36. The Morgan fingerprint density at radius 3 is 2.47 bits per heavy atom. The molecule has 0 spiro atoms. The zero-order valence-corrected chi connectivity index (χ0v) is 9.78. The van der Waals surface area contributed by atoms with Crippen molar-refractivity contribution in [3.63, 3.8) is 0 Å². The summed E-state index contributed by atoms with van der Waals surface area (Å²) in [5.41, 5.74) is 5.85. The molecular weight excluding hydrogens is 188 g/mol. The van der Waals surface area contributed by atoms with Crippen molar-refractivity contribution in [1.29, 1.82) is 0 Å². The second-order valence-corrected chi connectivity index (χ2v) is 5.45. The van der Waals surface area contributed by atoms with E-state index >= 15 is 0 Å². The van der Waals surface area contributed by atoms with Gasteiger partial charge in [0.1, 0.15) is 0 Å². The van der Waals surface area contributed by atoms with E-state index in [2.05, 4.69) is 18.7 Å². The van der Waals surface area contributed by atoms with Gasteiger partial charge in [-0.1, -0.05) is 6.92 Å². The monoisotopic (exact) mass is 210 g/mol. The van der Waals surface area contributed by atoms with Crippen molar-refractivity contribution in [3.05, 3.63) is 0 Å². The average molecular weight is 210 g/mol. The number of amides is 1. The molecule has 1 saturated heterocycles. The summed E-state index contributed by atoms with van der Waals surface area (Å²) in [5.74, 6) is 1.24. The molecule has 4 unspecified atom stereocenters. The van der Waals surface area contributed by atoms with Crippen LogP contribution in [0.3, 0.4) is 0 Å². The van der Waals surface area contributed by atoms with Crippen LogP contribution in [0.2, 0.25) is 0 Å². The summed E-state index contributed by atoms with van der Waals surface area (Å²) in [6.45, 7) is 5.34. The van der Waals surface area contributed by atoms with Crippen LogP contribution in [-0.2, 0) is 4.79 Å². The summed E-state index contributed by atoms with van der Waals surface area (Å²) in [5, 5.41) is 0. The molecule has 1 amide bonds. The van der Waals surface area contributed by atoms with Crippen LogP contribution in [0.25, 0.3) is 0 Å². The standard InChI is InChI=1S/C12H22N2O/c1-8-5-9(2)14(7-8)12(15)10-3-4-11(13)6-10/h8-11H,3-7,13H2,1-2H3. The molecule has 0 aromatic heterocycles. The Morgan fingerprint density at radius 2 is 2.00 bits per heavy atom. The van der Waals surface area contributed by atoms with Gasteiger partial charge in [-0.25, -0.2) is 0 Å². The number of likely N-dealkylation sites (tertiary alicyclic amines) is 1. The Balaban J connectivity index is 1.96. The number of carbonyl (C=O) groups is 1. The number of rotatable bonds is 1. The Hall–Kier alpha value is -0.570. The smallest absolute Gasteiger partial charge is 0.225 e. The summed E-state index contributed by atoms with van der Waals surface area (Å²) in [6.07, 6.45) is 4.08. The maximum absolute atomic E-state index is 12.2. The number of hydrogen-bond acceptors (Lipinski definition) is 2. The molecule has 1 heterocycles. The predicted molar refractivity (Wildman–Crippen MR) is 60.3 cm³/mol. The molecule has 3 nitrogen and oxygen atoms in total. The topological polar surface area (TPSA) is 46.3 Å². The Bertz CT molecular complexity index is 254. The first-order valence-electron chi connectivity index (χ1n) is 6.14. The van der Waals surface area contributed by atoms with Crippen molar-refractivity contribution >= 4 is 5.91 Å². The second kappa shape index (κ2) is 4.12. The summed E-state index contributed by atoms with van der Waals surface area (Å²) in [4.78, 5) is 14.3. The molecule has 0 bridgehead atoms. The molecule has 1 aliphatic carbocycles. The lowest BCUT2D eigenvalue weighted by Gasteiger charge is -2.24. The van der Waals surface area contributed by atoms with Gasteiger partial charge in [0.15, 0.2) is 0 Å². The summed E-state index contributed by atoms with van der Waals surface area (Å²) >= 11 is 0. The third-order valence-electron chi connectivity index (χ3n) is 3.89. The molecule has 1 aliphatic heterocycles. The van der Waals surface area contributed by atoms with Crippen molar-refractivity contribution in [2.45, 2.75) is 51.6 Å². The number of carbonyl (C=O) groups excluding carboxylic acids is 1. The van der Waals surface area contributed by atoms with Gasteiger partial charge in [0, 0.05) is 24.5 Å². The van der Waals surface area contributed by atoms with E-state index in [9.17, 15) is 4.79 Å². The highest BCUT2D eigenvalue weighted by atomic mass is 16.2. The van der Waals surface area contributed by atoms with Crippen molar-refractivity contribution in [2.75, 3.05) is 6.54 Å². The van der Waals surface area contributed by atoms with Gasteiger partial charge >= 0.3 is 0 Å². The molecule has 3 heteroatoms. The minimum absolute atomic E-state index is 0.216. The van der Waals surface area contributed by atoms with Gasteiger partial charge < -0.3 is 10.6 Å². The number of hydrogen-bond donors (Lipinski definition) is 1. The molecular formula is C12H22N2O. The summed E-state index contributed by atoms with van der Waals surface area (Å²) in [6, 6.07) is 0.693. The van der Waals surface area contributed by atoms with Gasteiger partial charge in [-0.05, 0) is 38.5 Å². The van der Waals surface area contributed by atoms with Gasteiger partial charge in [0.2, 0.25) is 5.91 Å². The number of nitrogens with two attached hydrogens (primary N) is 1. The van der Waals surface area contributed by atoms with E-state index in [0.717, 1.165) is 32.2 Å². The molecule has 86 valence electrons. The predicted octanol–water partition coefficient (Wildman–Crippen LogP) is 1.37. The van der Waals surface area contributed by atoms with E-state index < -0.39 is 0 Å². The minimum atomic E-state index is 0.216. The van der Waals surface area contributed by atoms with Gasteiger partial charge in [0.25, 0.3) is 0 Å². The van der Waals surface area contributed by atoms with Crippen LogP contribution < -0.4 is 5.73 Å². The van der Waals surface area contributed by atoms with Crippen LogP contribution in [0.4, 0.5) is 0 Å². The zero-order valence-electron chi connectivity index (χ0n) is 9.78. The molecule has 2 fully saturated rings. The lowest BCUT2D eigenvalue weighted by atomic mass is 10.1. The van der Waals surface area contributed by atoms with Crippen LogP contribution in [0.5, 0.6) is 0 Å². The maximum Gasteiger partial charge on any atom is 0.225 e. The van der Waals surface area contributed by atoms with Crippen molar-refractivity contribution < 1.29 is 4.79 Å². The van der Waals surface area contributed by atoms with Gasteiger partial charge in [-0.15, -0.1) is 0 Å². The molecule has 2 N–H and O–H groups in total. The van der Waals surface area contributed by atoms with Crippen molar-refractivity contribution in [1.82, 2.24) is 4.90 Å². The Morgan fingerprint density at radius 1 is 1.27 bits per heavy atom. The highest BCUT2D eigenvalue weighted by Crippen LogP contribution is 2.30. The first-order valence-corrected chi connectivity index (χ1v) is 6.14. The first-order chi connectivity index (χ1) is 7.08. The van der Waals surface area contributed by atoms with Gasteiger partial charge in [0.05, 0.1) is 0 Å². The summed E-state index contributed by atoms with van der Waals surface area (Å²) < 4.78 is 0. The van der Waals surface area contributed by atoms with Crippen LogP contribution in [-0.4, -0.2) is 29.4 Å². The van der Waals surface area contributed by atoms with E-state index in [-0.39, 0.29) is 12.0 Å². The van der Waals surface area contributed by atoms with E-state index in [0.29, 0.717) is 17.9 Å². The molecule has 2 rings (SSSR count). The van der Waals surface area contributed by atoms with E-state index in [1.807, 2.05) is 0 Å². The van der Waals surface area contributed by atoms with Crippen LogP contribution in [0.15, 0.2) is 0 Å². The Kier molecular flexibility index (Phi) is 3.01. The van der Waals surface area contributed by atoms with Crippen molar-refractivity contribution in [2.24, 2.45) is 17.6 Å². The lowest BCUT2D eigenvalue weighted by molar-refractivity contribution is -0.136. The van der Waals surface area contributed by atoms with E-state index in [4.69, 9.17) is 5.73 Å². The zero-order chi connectivity index (χ0) is 11.0. The number of nitrogens with zero attached hydrogens (tertiary/aromatic N) is 1. The minimum Gasteiger partial charge on any atom is -0.339 e. The lowest BCUT2D eigenvalue weighted by Crippen LogP contribution is -2.38. The van der Waals surface area contributed by atoms with E-state index in [1.165, 1.54) is 0 Å². The van der Waals surface area contributed by atoms with E-state index in [1.54, 1.807) is 0 Å². The third kappa shape index (κ3) is 2.17. The molecule has 2 aliphatic rings. The second-order valence-electron chi connectivity index (χ2n) is 5.45. The maximum atomic E-state index is 12.2. The quantitative estimate of drug-likeness (QED) is 0.710. The molecule has 4 atom stereocenters. The molecule has 0 aromatic rings. The first kappa shape index (κ1) is 10.9. The largest absolute Gasteiger partial charge is 0.339 e. The highest BCUT2D eigenvalue weighted by molar-refractivity contribution is 5.79. The van der Waals surface area contributed by atoms with Crippen LogP contribution in [0.1, 0.15) is 39.5 Å². The average Bonchev–Trinajstić information content (AvgIpc) is 2.71. The van der Waals surface area contributed by atoms with Crippen molar-refractivity contribution in [3.8, 4) is 0 Å². The third-order valence-corrected chi connectivity index (χ3v) is 3.89. The fourth-order valence-corrected chi connectivity index (χ4v) is 3.08. The Labute approximate surface area is 92.0 Å². The SMILES string of the molecule is CC1CC(C)N(C(=O)C2CCC(N)C2)C1.